The molecule has 0 saturated carbocycles. The van der Waals surface area contributed by atoms with Gasteiger partial charge in [-0.25, -0.2) is 0 Å². The van der Waals surface area contributed by atoms with E-state index in [2.05, 4.69) is 31.1 Å². The van der Waals surface area contributed by atoms with Crippen LogP contribution in [0, 0.1) is 5.92 Å². The summed E-state index contributed by atoms with van der Waals surface area (Å²) < 4.78 is 0. The monoisotopic (exact) mass is 240 g/mol. The first-order valence-electron chi connectivity index (χ1n) is 6.75. The lowest BCUT2D eigenvalue weighted by atomic mass is 10.2. The third-order valence-electron chi connectivity index (χ3n) is 2.50. The molecule has 0 radical (unpaired) electrons. The molecule has 0 aliphatic heterocycles. The Bertz CT molecular complexity index is 202. The fraction of sp³-hybridized carbons (Fsp3) is 0.786. The fourth-order valence-electron chi connectivity index (χ4n) is 1.45. The smallest absolute Gasteiger partial charge is 0.221 e. The van der Waals surface area contributed by atoms with Crippen LogP contribution in [0.3, 0.4) is 0 Å². The summed E-state index contributed by atoms with van der Waals surface area (Å²) in [7, 11) is 0. The van der Waals surface area contributed by atoms with Gasteiger partial charge in [-0.05, 0) is 31.7 Å². The first-order valence-corrected chi connectivity index (χ1v) is 6.75. The average Bonchev–Trinajstić information content (AvgIpc) is 2.30. The molecule has 0 bridgehead atoms. The summed E-state index contributed by atoms with van der Waals surface area (Å²) in [6, 6.07) is 0. The Morgan fingerprint density at radius 1 is 1.24 bits per heavy atom. The van der Waals surface area contributed by atoms with Crippen LogP contribution in [0.5, 0.6) is 0 Å². The van der Waals surface area contributed by atoms with E-state index in [4.69, 9.17) is 0 Å². The van der Waals surface area contributed by atoms with Gasteiger partial charge >= 0.3 is 0 Å². The summed E-state index contributed by atoms with van der Waals surface area (Å²) >= 11 is 0. The van der Waals surface area contributed by atoms with E-state index >= 15 is 0 Å². The average molecular weight is 240 g/mol. The molecular weight excluding hydrogens is 212 g/mol. The van der Waals surface area contributed by atoms with E-state index in [9.17, 15) is 4.79 Å². The lowest BCUT2D eigenvalue weighted by Gasteiger charge is -2.08. The fourth-order valence-corrected chi connectivity index (χ4v) is 1.45. The van der Waals surface area contributed by atoms with Crippen molar-refractivity contribution in [3.8, 4) is 0 Å². The number of carbonyl (C=O) groups is 1. The standard InChI is InChI=1S/C14H28N2O/c1-4-5-6-7-8-10-15-11-9-14(17)16-12-13(2)3/h4,13,15H,1,5-12H2,2-3H3,(H,16,17). The number of allylic oxidation sites excluding steroid dienone is 1. The molecule has 0 rings (SSSR count). The number of carbonyl (C=O) groups excluding carboxylic acids is 1. The molecule has 3 heteroatoms. The summed E-state index contributed by atoms with van der Waals surface area (Å²) in [4.78, 5) is 11.4. The molecule has 0 aromatic rings. The maximum absolute atomic E-state index is 11.4. The molecule has 100 valence electrons. The van der Waals surface area contributed by atoms with Gasteiger partial charge in [-0.3, -0.25) is 4.79 Å². The topological polar surface area (TPSA) is 41.1 Å². The van der Waals surface area contributed by atoms with Crippen LogP contribution in [-0.2, 0) is 4.79 Å². The molecule has 0 aromatic carbocycles. The van der Waals surface area contributed by atoms with Crippen LogP contribution in [-0.4, -0.2) is 25.5 Å². The molecule has 0 spiro atoms. The lowest BCUT2D eigenvalue weighted by molar-refractivity contribution is -0.121. The predicted molar refractivity (Wildman–Crippen MR) is 74.0 cm³/mol. The van der Waals surface area contributed by atoms with E-state index in [-0.39, 0.29) is 5.91 Å². The maximum Gasteiger partial charge on any atom is 0.221 e. The van der Waals surface area contributed by atoms with Gasteiger partial charge in [-0.15, -0.1) is 6.58 Å². The van der Waals surface area contributed by atoms with Gasteiger partial charge < -0.3 is 10.6 Å². The van der Waals surface area contributed by atoms with E-state index in [1.165, 1.54) is 19.3 Å². The van der Waals surface area contributed by atoms with Crippen molar-refractivity contribution in [1.82, 2.24) is 10.6 Å². The Hall–Kier alpha value is -0.830. The Morgan fingerprint density at radius 2 is 2.00 bits per heavy atom. The number of rotatable bonds is 11. The Morgan fingerprint density at radius 3 is 2.65 bits per heavy atom. The summed E-state index contributed by atoms with van der Waals surface area (Å²) in [5, 5.41) is 6.21. The molecule has 0 aliphatic carbocycles. The van der Waals surface area contributed by atoms with Gasteiger partial charge in [-0.2, -0.15) is 0 Å². The highest BCUT2D eigenvalue weighted by molar-refractivity contribution is 5.76. The van der Waals surface area contributed by atoms with Crippen LogP contribution in [0.2, 0.25) is 0 Å². The van der Waals surface area contributed by atoms with Crippen LogP contribution in [0.25, 0.3) is 0 Å². The zero-order valence-corrected chi connectivity index (χ0v) is 11.4. The van der Waals surface area contributed by atoms with E-state index in [0.717, 1.165) is 26.1 Å². The molecule has 1 amide bonds. The zero-order chi connectivity index (χ0) is 12.9. The molecule has 0 fully saturated rings. The van der Waals surface area contributed by atoms with Crippen molar-refractivity contribution >= 4 is 5.91 Å². The molecule has 0 aromatic heterocycles. The number of unbranched alkanes of at least 4 members (excludes halogenated alkanes) is 3. The Labute approximate surface area is 106 Å². The third kappa shape index (κ3) is 13.1. The van der Waals surface area contributed by atoms with E-state index in [1.54, 1.807) is 0 Å². The van der Waals surface area contributed by atoms with Crippen molar-refractivity contribution < 1.29 is 4.79 Å². The maximum atomic E-state index is 11.4. The van der Waals surface area contributed by atoms with E-state index in [0.29, 0.717) is 12.3 Å². The lowest BCUT2D eigenvalue weighted by Crippen LogP contribution is -2.30. The first kappa shape index (κ1) is 16.2. The highest BCUT2D eigenvalue weighted by Crippen LogP contribution is 1.98. The Kier molecular flexibility index (Phi) is 11.1. The van der Waals surface area contributed by atoms with Crippen LogP contribution in [0.1, 0.15) is 46.0 Å². The minimum atomic E-state index is 0.151. The van der Waals surface area contributed by atoms with Crippen molar-refractivity contribution in [2.24, 2.45) is 5.92 Å². The number of amides is 1. The largest absolute Gasteiger partial charge is 0.356 e. The first-order chi connectivity index (χ1) is 8.16. The van der Waals surface area contributed by atoms with Crippen molar-refractivity contribution in [3.05, 3.63) is 12.7 Å². The van der Waals surface area contributed by atoms with Crippen LogP contribution in [0.4, 0.5) is 0 Å². The van der Waals surface area contributed by atoms with Crippen LogP contribution >= 0.6 is 0 Å². The summed E-state index contributed by atoms with van der Waals surface area (Å²) in [5.74, 6) is 0.676. The van der Waals surface area contributed by atoms with Gasteiger partial charge in [0.2, 0.25) is 5.91 Å². The molecule has 0 aliphatic rings. The second-order valence-electron chi connectivity index (χ2n) is 4.84. The van der Waals surface area contributed by atoms with Gasteiger partial charge in [0.15, 0.2) is 0 Å². The van der Waals surface area contributed by atoms with Gasteiger partial charge in [0.05, 0.1) is 0 Å². The third-order valence-corrected chi connectivity index (χ3v) is 2.50. The SMILES string of the molecule is C=CCCCCCNCCC(=O)NCC(C)C. The number of hydrogen-bond acceptors (Lipinski definition) is 2. The van der Waals surface area contributed by atoms with Crippen molar-refractivity contribution in [2.45, 2.75) is 46.0 Å². The normalized spacial score (nSPS) is 10.5. The van der Waals surface area contributed by atoms with Crippen LogP contribution in [0.15, 0.2) is 12.7 Å². The molecule has 0 heterocycles. The molecule has 3 nitrogen and oxygen atoms in total. The predicted octanol–water partition coefficient (Wildman–Crippen LogP) is 2.48. The summed E-state index contributed by atoms with van der Waals surface area (Å²) in [6.45, 7) is 10.5. The van der Waals surface area contributed by atoms with E-state index < -0.39 is 0 Å². The molecule has 0 atom stereocenters. The number of hydrogen-bond donors (Lipinski definition) is 2. The van der Waals surface area contributed by atoms with Crippen molar-refractivity contribution in [3.63, 3.8) is 0 Å². The summed E-state index contributed by atoms with van der Waals surface area (Å²) in [6.07, 6.45) is 7.30. The van der Waals surface area contributed by atoms with Crippen molar-refractivity contribution in [2.75, 3.05) is 19.6 Å². The second kappa shape index (κ2) is 11.6. The van der Waals surface area contributed by atoms with Gasteiger partial charge in [-0.1, -0.05) is 26.3 Å². The van der Waals surface area contributed by atoms with Crippen LogP contribution < -0.4 is 10.6 Å². The molecule has 0 unspecified atom stereocenters. The minimum absolute atomic E-state index is 0.151. The molecule has 0 saturated heterocycles. The highest BCUT2D eigenvalue weighted by Gasteiger charge is 2.01. The molecule has 17 heavy (non-hydrogen) atoms. The zero-order valence-electron chi connectivity index (χ0n) is 11.4. The van der Waals surface area contributed by atoms with Gasteiger partial charge in [0.1, 0.15) is 0 Å². The van der Waals surface area contributed by atoms with E-state index in [1.807, 2.05) is 6.08 Å². The van der Waals surface area contributed by atoms with Crippen molar-refractivity contribution in [1.29, 1.82) is 0 Å². The number of nitrogens with one attached hydrogen (secondary N) is 2. The molecule has 2 N–H and O–H groups in total. The van der Waals surface area contributed by atoms with Gasteiger partial charge in [0, 0.05) is 19.5 Å². The highest BCUT2D eigenvalue weighted by atomic mass is 16.1. The quantitative estimate of drug-likeness (QED) is 0.430. The Balaban J connectivity index is 3.16. The van der Waals surface area contributed by atoms with Gasteiger partial charge in [0.25, 0.3) is 0 Å². The minimum Gasteiger partial charge on any atom is -0.356 e. The molecular formula is C14H28N2O. The summed E-state index contributed by atoms with van der Waals surface area (Å²) in [5.41, 5.74) is 0. The second-order valence-corrected chi connectivity index (χ2v) is 4.84.